The smallest absolute Gasteiger partial charge is 0.0692 e. The second kappa shape index (κ2) is 8.52. The van der Waals surface area contributed by atoms with E-state index in [9.17, 15) is 0 Å². The van der Waals surface area contributed by atoms with Crippen LogP contribution in [0.3, 0.4) is 0 Å². The van der Waals surface area contributed by atoms with Crippen molar-refractivity contribution < 1.29 is 5.11 Å². The van der Waals surface area contributed by atoms with Gasteiger partial charge in [-0.2, -0.15) is 0 Å². The Morgan fingerprint density at radius 2 is 1.94 bits per heavy atom. The molecule has 0 amide bonds. The van der Waals surface area contributed by atoms with E-state index in [0.717, 1.165) is 18.3 Å². The minimum atomic E-state index is -0.284. The van der Waals surface area contributed by atoms with Crippen molar-refractivity contribution in [2.24, 2.45) is 11.8 Å². The van der Waals surface area contributed by atoms with Crippen LogP contribution in [0, 0.1) is 11.8 Å². The van der Waals surface area contributed by atoms with Gasteiger partial charge in [-0.15, -0.1) is 0 Å². The van der Waals surface area contributed by atoms with Crippen LogP contribution < -0.4 is 0 Å². The number of hydrogen-bond acceptors (Lipinski definition) is 1. The zero-order chi connectivity index (χ0) is 12.5. The maximum absolute atomic E-state index is 9.10. The topological polar surface area (TPSA) is 20.2 Å². The number of hydrogen-bond donors (Lipinski definition) is 1. The van der Waals surface area contributed by atoms with Crippen LogP contribution in [0.5, 0.6) is 0 Å². The Balaban J connectivity index is 1.95. The number of allylic oxidation sites excluding steroid dienone is 3. The van der Waals surface area contributed by atoms with Gasteiger partial charge in [0.2, 0.25) is 0 Å². The zero-order valence-corrected chi connectivity index (χ0v) is 11.4. The van der Waals surface area contributed by atoms with E-state index in [0.29, 0.717) is 0 Å². The molecule has 0 aliphatic heterocycles. The van der Waals surface area contributed by atoms with Gasteiger partial charge in [0.25, 0.3) is 0 Å². The third-order valence-corrected chi connectivity index (χ3v) is 3.52. The van der Waals surface area contributed by atoms with Crippen LogP contribution in [0.25, 0.3) is 0 Å². The molecule has 17 heavy (non-hydrogen) atoms. The largest absolute Gasteiger partial charge is 0.389 e. The van der Waals surface area contributed by atoms with Crippen molar-refractivity contribution in [2.45, 2.75) is 64.9 Å². The minimum Gasteiger partial charge on any atom is -0.389 e. The number of unbranched alkanes of at least 4 members (excludes halogenated alkanes) is 2. The van der Waals surface area contributed by atoms with Crippen molar-refractivity contribution >= 4 is 0 Å². The van der Waals surface area contributed by atoms with Crippen LogP contribution in [-0.4, -0.2) is 11.2 Å². The van der Waals surface area contributed by atoms with Gasteiger partial charge in [-0.25, -0.2) is 0 Å². The highest BCUT2D eigenvalue weighted by atomic mass is 16.3. The summed E-state index contributed by atoms with van der Waals surface area (Å²) in [6, 6.07) is 0. The predicted molar refractivity (Wildman–Crippen MR) is 74.9 cm³/mol. The third-order valence-electron chi connectivity index (χ3n) is 3.52. The first-order chi connectivity index (χ1) is 8.24. The minimum absolute atomic E-state index is 0.284. The molecular weight excluding hydrogens is 208 g/mol. The zero-order valence-electron chi connectivity index (χ0n) is 11.4. The number of rotatable bonds is 9. The second-order valence-corrected chi connectivity index (χ2v) is 5.35. The number of aliphatic hydroxyl groups is 1. The molecule has 0 aromatic carbocycles. The summed E-state index contributed by atoms with van der Waals surface area (Å²) in [7, 11) is 0. The molecule has 0 radical (unpaired) electrons. The Bertz CT molecular complexity index is 240. The van der Waals surface area contributed by atoms with Crippen LogP contribution in [0.4, 0.5) is 0 Å². The SMILES string of the molecule is CCCC/C=C\CC[C@H]1C[C@@H]1C/C=C/[C@@H](C)O. The van der Waals surface area contributed by atoms with Gasteiger partial charge in [-0.1, -0.05) is 44.1 Å². The molecule has 98 valence electrons. The van der Waals surface area contributed by atoms with Gasteiger partial charge in [-0.05, 0) is 50.9 Å². The Hall–Kier alpha value is -0.560. The van der Waals surface area contributed by atoms with E-state index in [2.05, 4.69) is 25.2 Å². The molecule has 0 spiro atoms. The van der Waals surface area contributed by atoms with Crippen LogP contribution in [0.1, 0.15) is 58.8 Å². The van der Waals surface area contributed by atoms with E-state index < -0.39 is 0 Å². The molecule has 0 aromatic heterocycles. The van der Waals surface area contributed by atoms with Crippen molar-refractivity contribution in [1.82, 2.24) is 0 Å². The van der Waals surface area contributed by atoms with Crippen molar-refractivity contribution in [3.8, 4) is 0 Å². The van der Waals surface area contributed by atoms with Crippen LogP contribution in [0.2, 0.25) is 0 Å². The van der Waals surface area contributed by atoms with Crippen LogP contribution >= 0.6 is 0 Å². The Morgan fingerprint density at radius 3 is 2.65 bits per heavy atom. The van der Waals surface area contributed by atoms with E-state index in [1.807, 2.05) is 13.0 Å². The summed E-state index contributed by atoms with van der Waals surface area (Å²) in [5, 5.41) is 9.10. The highest BCUT2D eigenvalue weighted by molar-refractivity contribution is 4.96. The van der Waals surface area contributed by atoms with Gasteiger partial charge in [-0.3, -0.25) is 0 Å². The van der Waals surface area contributed by atoms with E-state index in [-0.39, 0.29) is 6.10 Å². The fourth-order valence-electron chi connectivity index (χ4n) is 2.27. The summed E-state index contributed by atoms with van der Waals surface area (Å²) in [6.45, 7) is 4.05. The Morgan fingerprint density at radius 1 is 1.18 bits per heavy atom. The molecule has 0 aromatic rings. The fourth-order valence-corrected chi connectivity index (χ4v) is 2.27. The average Bonchev–Trinajstić information content (AvgIpc) is 3.01. The number of aliphatic hydroxyl groups excluding tert-OH is 1. The first kappa shape index (κ1) is 14.5. The molecule has 0 unspecified atom stereocenters. The molecule has 1 heteroatoms. The molecule has 1 aliphatic carbocycles. The Kier molecular flexibility index (Phi) is 7.27. The quantitative estimate of drug-likeness (QED) is 0.462. The maximum Gasteiger partial charge on any atom is 0.0692 e. The van der Waals surface area contributed by atoms with Crippen molar-refractivity contribution in [1.29, 1.82) is 0 Å². The summed E-state index contributed by atoms with van der Waals surface area (Å²) in [6.07, 6.45) is 17.5. The normalized spacial score (nSPS) is 25.8. The molecular formula is C16H28O. The summed E-state index contributed by atoms with van der Waals surface area (Å²) in [5.74, 6) is 1.85. The second-order valence-electron chi connectivity index (χ2n) is 5.35. The molecule has 1 fully saturated rings. The maximum atomic E-state index is 9.10. The molecule has 0 bridgehead atoms. The van der Waals surface area contributed by atoms with Gasteiger partial charge in [0.15, 0.2) is 0 Å². The standard InChI is InChI=1S/C16H28O/c1-3-4-5-6-7-8-11-15-13-16(15)12-9-10-14(2)17/h6-7,9-10,14-17H,3-5,8,11-13H2,1-2H3/b7-6-,10-9+/t14-,15+,16+/m1/s1. The molecule has 1 nitrogen and oxygen atoms in total. The molecule has 1 saturated carbocycles. The van der Waals surface area contributed by atoms with Gasteiger partial charge in [0.05, 0.1) is 6.10 Å². The van der Waals surface area contributed by atoms with Gasteiger partial charge in [0.1, 0.15) is 0 Å². The predicted octanol–water partition coefficient (Wildman–Crippen LogP) is 4.48. The summed E-state index contributed by atoms with van der Waals surface area (Å²) < 4.78 is 0. The highest BCUT2D eigenvalue weighted by Crippen LogP contribution is 2.44. The van der Waals surface area contributed by atoms with E-state index >= 15 is 0 Å². The van der Waals surface area contributed by atoms with Gasteiger partial charge in [0, 0.05) is 0 Å². The average molecular weight is 236 g/mol. The van der Waals surface area contributed by atoms with Crippen LogP contribution in [-0.2, 0) is 0 Å². The molecule has 0 saturated heterocycles. The lowest BCUT2D eigenvalue weighted by Crippen LogP contribution is -1.91. The van der Waals surface area contributed by atoms with Crippen molar-refractivity contribution in [2.75, 3.05) is 0 Å². The molecule has 1 aliphatic rings. The molecule has 0 heterocycles. The lowest BCUT2D eigenvalue weighted by atomic mass is 10.1. The van der Waals surface area contributed by atoms with Crippen LogP contribution in [0.15, 0.2) is 24.3 Å². The molecule has 1 rings (SSSR count). The third kappa shape index (κ3) is 7.38. The Labute approximate surface area is 107 Å². The van der Waals surface area contributed by atoms with E-state index in [1.165, 1.54) is 38.5 Å². The first-order valence-electron chi connectivity index (χ1n) is 7.23. The van der Waals surface area contributed by atoms with Gasteiger partial charge >= 0.3 is 0 Å². The van der Waals surface area contributed by atoms with E-state index in [1.54, 1.807) is 0 Å². The van der Waals surface area contributed by atoms with Crippen molar-refractivity contribution in [3.63, 3.8) is 0 Å². The van der Waals surface area contributed by atoms with Gasteiger partial charge < -0.3 is 5.11 Å². The summed E-state index contributed by atoms with van der Waals surface area (Å²) in [4.78, 5) is 0. The lowest BCUT2D eigenvalue weighted by Gasteiger charge is -1.96. The summed E-state index contributed by atoms with van der Waals surface area (Å²) in [5.41, 5.74) is 0. The van der Waals surface area contributed by atoms with Crippen molar-refractivity contribution in [3.05, 3.63) is 24.3 Å². The molecule has 3 atom stereocenters. The molecule has 1 N–H and O–H groups in total. The summed E-state index contributed by atoms with van der Waals surface area (Å²) >= 11 is 0. The first-order valence-corrected chi connectivity index (χ1v) is 7.23. The monoisotopic (exact) mass is 236 g/mol. The van der Waals surface area contributed by atoms with E-state index in [4.69, 9.17) is 5.11 Å². The fraction of sp³-hybridized carbons (Fsp3) is 0.750. The lowest BCUT2D eigenvalue weighted by molar-refractivity contribution is 0.243. The highest BCUT2D eigenvalue weighted by Gasteiger charge is 2.34.